The molecule has 15 heavy (non-hydrogen) atoms. The van der Waals surface area contributed by atoms with Gasteiger partial charge in [0.05, 0.1) is 4.34 Å². The summed E-state index contributed by atoms with van der Waals surface area (Å²) in [6.45, 7) is 6.46. The lowest BCUT2D eigenvalue weighted by Gasteiger charge is -2.00. The van der Waals surface area contributed by atoms with Crippen molar-refractivity contribution in [3.63, 3.8) is 0 Å². The summed E-state index contributed by atoms with van der Waals surface area (Å²) in [5.74, 6) is 0. The highest BCUT2D eigenvalue weighted by atomic mass is 35.5. The van der Waals surface area contributed by atoms with Crippen molar-refractivity contribution in [3.05, 3.63) is 20.8 Å². The van der Waals surface area contributed by atoms with Crippen LogP contribution in [-0.2, 0) is 6.42 Å². The monoisotopic (exact) mass is 245 g/mol. The van der Waals surface area contributed by atoms with Gasteiger partial charge in [0.25, 0.3) is 0 Å². The molecule has 1 aromatic rings. The van der Waals surface area contributed by atoms with E-state index in [1.54, 1.807) is 11.3 Å². The van der Waals surface area contributed by atoms with E-state index in [1.165, 1.54) is 36.1 Å². The lowest BCUT2D eigenvalue weighted by Crippen LogP contribution is -2.13. The molecule has 3 heteroatoms. The number of hydrogen-bond acceptors (Lipinski definition) is 2. The molecule has 1 heterocycles. The fourth-order valence-electron chi connectivity index (χ4n) is 1.55. The van der Waals surface area contributed by atoms with Crippen LogP contribution in [0.2, 0.25) is 4.34 Å². The molecular weight excluding hydrogens is 226 g/mol. The normalized spacial score (nSPS) is 10.9. The Balaban J connectivity index is 2.10. The highest BCUT2D eigenvalue weighted by molar-refractivity contribution is 7.16. The molecule has 0 aromatic carbocycles. The van der Waals surface area contributed by atoms with Gasteiger partial charge in [0.1, 0.15) is 0 Å². The molecule has 0 radical (unpaired) electrons. The lowest BCUT2D eigenvalue weighted by atomic mass is 10.1. The topological polar surface area (TPSA) is 12.0 Å². The Morgan fingerprint density at radius 2 is 2.13 bits per heavy atom. The molecule has 0 amide bonds. The average Bonchev–Trinajstić information content (AvgIpc) is 2.52. The van der Waals surface area contributed by atoms with Crippen LogP contribution < -0.4 is 5.32 Å². The van der Waals surface area contributed by atoms with E-state index >= 15 is 0 Å². The molecule has 0 unspecified atom stereocenters. The minimum atomic E-state index is 0.956. The number of hydrogen-bond donors (Lipinski definition) is 1. The first-order chi connectivity index (χ1) is 7.24. The molecular formula is C12H20ClNS. The van der Waals surface area contributed by atoms with Crippen LogP contribution in [0.25, 0.3) is 0 Å². The molecule has 1 nitrogen and oxygen atoms in total. The summed E-state index contributed by atoms with van der Waals surface area (Å²) in [6, 6.07) is 2.22. The summed E-state index contributed by atoms with van der Waals surface area (Å²) < 4.78 is 0.956. The van der Waals surface area contributed by atoms with Gasteiger partial charge in [-0.05, 0) is 50.9 Å². The molecule has 0 fully saturated rings. The van der Waals surface area contributed by atoms with Gasteiger partial charge in [-0.2, -0.15) is 0 Å². The molecule has 86 valence electrons. The summed E-state index contributed by atoms with van der Waals surface area (Å²) in [5.41, 5.74) is 1.23. The third-order valence-electron chi connectivity index (χ3n) is 2.43. The first-order valence-corrected chi connectivity index (χ1v) is 6.89. The van der Waals surface area contributed by atoms with Gasteiger partial charge in [-0.1, -0.05) is 24.9 Å². The third kappa shape index (κ3) is 5.01. The van der Waals surface area contributed by atoms with Crippen molar-refractivity contribution in [2.45, 2.75) is 39.5 Å². The quantitative estimate of drug-likeness (QED) is 0.716. The van der Waals surface area contributed by atoms with E-state index in [4.69, 9.17) is 11.6 Å². The van der Waals surface area contributed by atoms with Crippen molar-refractivity contribution >= 4 is 22.9 Å². The van der Waals surface area contributed by atoms with E-state index < -0.39 is 0 Å². The molecule has 0 aliphatic heterocycles. The van der Waals surface area contributed by atoms with Crippen LogP contribution in [0.3, 0.4) is 0 Å². The Kier molecular flexibility index (Phi) is 6.30. The van der Waals surface area contributed by atoms with Gasteiger partial charge in [-0.25, -0.2) is 0 Å². The fourth-order valence-corrected chi connectivity index (χ4v) is 2.83. The average molecular weight is 246 g/mol. The molecule has 0 atom stereocenters. The van der Waals surface area contributed by atoms with E-state index in [2.05, 4.69) is 25.2 Å². The summed E-state index contributed by atoms with van der Waals surface area (Å²) in [7, 11) is 0. The second-order valence-corrected chi connectivity index (χ2v) is 5.57. The zero-order valence-corrected chi connectivity index (χ0v) is 11.2. The van der Waals surface area contributed by atoms with Gasteiger partial charge < -0.3 is 5.32 Å². The van der Waals surface area contributed by atoms with Crippen LogP contribution in [0.15, 0.2) is 6.07 Å². The van der Waals surface area contributed by atoms with Crippen LogP contribution in [0.5, 0.6) is 0 Å². The van der Waals surface area contributed by atoms with Crippen LogP contribution >= 0.6 is 22.9 Å². The zero-order valence-electron chi connectivity index (χ0n) is 9.61. The van der Waals surface area contributed by atoms with E-state index in [-0.39, 0.29) is 0 Å². The van der Waals surface area contributed by atoms with Crippen molar-refractivity contribution in [1.82, 2.24) is 5.32 Å². The second-order valence-electron chi connectivity index (χ2n) is 3.83. The maximum absolute atomic E-state index is 6.02. The maximum atomic E-state index is 6.02. The Bertz CT molecular complexity index is 264. The Morgan fingerprint density at radius 1 is 1.33 bits per heavy atom. The van der Waals surface area contributed by atoms with Crippen molar-refractivity contribution in [1.29, 1.82) is 0 Å². The fraction of sp³-hybridized carbons (Fsp3) is 0.667. The summed E-state index contributed by atoms with van der Waals surface area (Å²) in [4.78, 5) is 1.43. The Hall–Kier alpha value is -0.0500. The number of aryl methyl sites for hydroxylation is 2. The molecule has 0 spiro atoms. The van der Waals surface area contributed by atoms with Crippen molar-refractivity contribution in [2.24, 2.45) is 0 Å². The third-order valence-corrected chi connectivity index (χ3v) is 4.05. The van der Waals surface area contributed by atoms with Gasteiger partial charge in [-0.3, -0.25) is 0 Å². The van der Waals surface area contributed by atoms with Crippen molar-refractivity contribution in [2.75, 3.05) is 13.1 Å². The van der Waals surface area contributed by atoms with E-state index in [1.807, 2.05) is 0 Å². The van der Waals surface area contributed by atoms with E-state index in [9.17, 15) is 0 Å². The number of halogens is 1. The zero-order chi connectivity index (χ0) is 11.1. The second kappa shape index (κ2) is 7.26. The van der Waals surface area contributed by atoms with Crippen LogP contribution in [0.4, 0.5) is 0 Å². The molecule has 0 aliphatic rings. The van der Waals surface area contributed by atoms with Gasteiger partial charge in [0.15, 0.2) is 0 Å². The SMILES string of the molecule is CCNCCCCCc1cc(C)c(Cl)s1. The largest absolute Gasteiger partial charge is 0.317 e. The predicted octanol–water partition coefficient (Wildman–Crippen LogP) is 4.03. The summed E-state index contributed by atoms with van der Waals surface area (Å²) in [6.07, 6.45) is 5.06. The van der Waals surface area contributed by atoms with Crippen molar-refractivity contribution in [3.8, 4) is 0 Å². The molecule has 1 aromatic heterocycles. The lowest BCUT2D eigenvalue weighted by molar-refractivity contribution is 0.618. The van der Waals surface area contributed by atoms with Gasteiger partial charge in [0.2, 0.25) is 0 Å². The first kappa shape index (κ1) is 13.0. The minimum absolute atomic E-state index is 0.956. The predicted molar refractivity (Wildman–Crippen MR) is 70.2 cm³/mol. The standard InChI is InChI=1S/C12H20ClNS/c1-3-14-8-6-4-5-7-11-9-10(2)12(13)15-11/h9,14H,3-8H2,1-2H3. The van der Waals surface area contributed by atoms with Crippen molar-refractivity contribution < 1.29 is 0 Å². The molecule has 0 saturated heterocycles. The highest BCUT2D eigenvalue weighted by Crippen LogP contribution is 2.27. The molecule has 0 aliphatic carbocycles. The van der Waals surface area contributed by atoms with Crippen LogP contribution in [-0.4, -0.2) is 13.1 Å². The summed E-state index contributed by atoms with van der Waals surface area (Å²) >= 11 is 7.75. The number of thiophene rings is 1. The summed E-state index contributed by atoms with van der Waals surface area (Å²) in [5, 5.41) is 3.34. The Labute approximate surface area is 102 Å². The Morgan fingerprint density at radius 3 is 2.73 bits per heavy atom. The van der Waals surface area contributed by atoms with Crippen LogP contribution in [0, 0.1) is 6.92 Å². The van der Waals surface area contributed by atoms with E-state index in [0.717, 1.165) is 17.4 Å². The molecule has 1 rings (SSSR count). The maximum Gasteiger partial charge on any atom is 0.0960 e. The van der Waals surface area contributed by atoms with Crippen LogP contribution in [0.1, 0.15) is 36.6 Å². The number of unbranched alkanes of at least 4 members (excludes halogenated alkanes) is 2. The van der Waals surface area contributed by atoms with Gasteiger partial charge >= 0.3 is 0 Å². The molecule has 0 bridgehead atoms. The molecule has 1 N–H and O–H groups in total. The van der Waals surface area contributed by atoms with Gasteiger partial charge in [0, 0.05) is 4.88 Å². The first-order valence-electron chi connectivity index (χ1n) is 5.69. The minimum Gasteiger partial charge on any atom is -0.317 e. The van der Waals surface area contributed by atoms with Gasteiger partial charge in [-0.15, -0.1) is 11.3 Å². The number of rotatable bonds is 7. The smallest absolute Gasteiger partial charge is 0.0960 e. The highest BCUT2D eigenvalue weighted by Gasteiger charge is 2.02. The van der Waals surface area contributed by atoms with E-state index in [0.29, 0.717) is 0 Å². The number of nitrogens with one attached hydrogen (secondary N) is 1. The molecule has 0 saturated carbocycles.